The molecule has 0 saturated carbocycles. The van der Waals surface area contributed by atoms with Gasteiger partial charge in [0.05, 0.1) is 0 Å². The molecule has 0 spiro atoms. The van der Waals surface area contributed by atoms with E-state index in [1.807, 2.05) is 31.2 Å². The molecular weight excluding hydrogens is 270 g/mol. The van der Waals surface area contributed by atoms with E-state index in [2.05, 4.69) is 56.1 Å². The molecule has 0 aliphatic carbocycles. The Hall–Kier alpha value is -2.35. The van der Waals surface area contributed by atoms with Crippen molar-refractivity contribution in [1.29, 1.82) is 0 Å². The number of benzene rings is 1. The van der Waals surface area contributed by atoms with Crippen molar-refractivity contribution in [2.24, 2.45) is 0 Å². The van der Waals surface area contributed by atoms with Gasteiger partial charge in [0.15, 0.2) is 0 Å². The van der Waals surface area contributed by atoms with E-state index < -0.39 is 0 Å². The average Bonchev–Trinajstić information content (AvgIpc) is 2.68. The van der Waals surface area contributed by atoms with Gasteiger partial charge in [0, 0.05) is 23.8 Å². The molecule has 0 fully saturated rings. The fourth-order valence-corrected chi connectivity index (χ4v) is 2.88. The molecule has 1 aromatic rings. The molecule has 0 aromatic heterocycles. The van der Waals surface area contributed by atoms with Gasteiger partial charge in [-0.25, -0.2) is 0 Å². The van der Waals surface area contributed by atoms with E-state index in [4.69, 9.17) is 0 Å². The summed E-state index contributed by atoms with van der Waals surface area (Å²) >= 11 is 0. The summed E-state index contributed by atoms with van der Waals surface area (Å²) in [6.45, 7) is 6.41. The first kappa shape index (κ1) is 16.0. The van der Waals surface area contributed by atoms with Gasteiger partial charge in [0.2, 0.25) is 0 Å². The summed E-state index contributed by atoms with van der Waals surface area (Å²) in [6, 6.07) is 8.53. The van der Waals surface area contributed by atoms with Crippen LogP contribution in [0.2, 0.25) is 0 Å². The maximum atomic E-state index is 10.4. The molecule has 0 atom stereocenters. The second kappa shape index (κ2) is 6.61. The molecule has 22 heavy (non-hydrogen) atoms. The SMILES string of the molecule is CC(/C=C/C=C/C=C1/N(C)c2ccccc2C1(C)C)=C\C=O. The topological polar surface area (TPSA) is 20.3 Å². The predicted molar refractivity (Wildman–Crippen MR) is 94.1 cm³/mol. The van der Waals surface area contributed by atoms with Crippen molar-refractivity contribution < 1.29 is 4.79 Å². The predicted octanol–water partition coefficient (Wildman–Crippen LogP) is 4.56. The first-order valence-electron chi connectivity index (χ1n) is 7.49. The monoisotopic (exact) mass is 293 g/mol. The summed E-state index contributed by atoms with van der Waals surface area (Å²) in [7, 11) is 2.11. The fourth-order valence-electron chi connectivity index (χ4n) is 2.88. The molecule has 2 heteroatoms. The van der Waals surface area contributed by atoms with Crippen LogP contribution >= 0.6 is 0 Å². The van der Waals surface area contributed by atoms with Gasteiger partial charge >= 0.3 is 0 Å². The van der Waals surface area contributed by atoms with Gasteiger partial charge in [-0.3, -0.25) is 4.79 Å². The number of rotatable bonds is 4. The summed E-state index contributed by atoms with van der Waals surface area (Å²) in [5, 5.41) is 0. The lowest BCUT2D eigenvalue weighted by Crippen LogP contribution is -2.22. The van der Waals surface area contributed by atoms with Crippen molar-refractivity contribution in [2.75, 3.05) is 11.9 Å². The molecular formula is C20H23NO. The van der Waals surface area contributed by atoms with Crippen LogP contribution in [0.4, 0.5) is 5.69 Å². The molecule has 0 radical (unpaired) electrons. The Bertz CT molecular complexity index is 675. The van der Waals surface area contributed by atoms with E-state index in [9.17, 15) is 4.79 Å². The van der Waals surface area contributed by atoms with Gasteiger partial charge < -0.3 is 4.90 Å². The van der Waals surface area contributed by atoms with Crippen LogP contribution in [0.3, 0.4) is 0 Å². The van der Waals surface area contributed by atoms with E-state index in [1.165, 1.54) is 16.9 Å². The van der Waals surface area contributed by atoms with Crippen molar-refractivity contribution in [3.8, 4) is 0 Å². The summed E-state index contributed by atoms with van der Waals surface area (Å²) < 4.78 is 0. The zero-order valence-corrected chi connectivity index (χ0v) is 13.7. The van der Waals surface area contributed by atoms with Gasteiger partial charge in [-0.1, -0.05) is 56.4 Å². The summed E-state index contributed by atoms with van der Waals surface area (Å²) in [6.07, 6.45) is 12.4. The standard InChI is InChI=1S/C20H23NO/c1-16(14-15-22)10-6-5-7-13-19-20(2,3)17-11-8-9-12-18(17)21(19)4/h5-15H,1-4H3/b7-5+,10-6+,16-14+,19-13+. The van der Waals surface area contributed by atoms with Crippen molar-refractivity contribution in [2.45, 2.75) is 26.2 Å². The molecule has 0 amide bonds. The first-order chi connectivity index (χ1) is 10.5. The van der Waals surface area contributed by atoms with E-state index in [0.29, 0.717) is 0 Å². The number of anilines is 1. The lowest BCUT2D eigenvalue weighted by Gasteiger charge is -2.23. The maximum absolute atomic E-state index is 10.4. The third-order valence-electron chi connectivity index (χ3n) is 4.11. The van der Waals surface area contributed by atoms with Crippen molar-refractivity contribution >= 4 is 12.0 Å². The van der Waals surface area contributed by atoms with Crippen LogP contribution in [0.25, 0.3) is 0 Å². The Morgan fingerprint density at radius 3 is 2.55 bits per heavy atom. The molecule has 2 rings (SSSR count). The van der Waals surface area contributed by atoms with E-state index in [0.717, 1.165) is 11.9 Å². The fraction of sp³-hybridized carbons (Fsp3) is 0.250. The highest BCUT2D eigenvalue weighted by Crippen LogP contribution is 2.46. The summed E-state index contributed by atoms with van der Waals surface area (Å²) in [5.41, 5.74) is 4.86. The van der Waals surface area contributed by atoms with E-state index >= 15 is 0 Å². The van der Waals surface area contributed by atoms with Crippen molar-refractivity contribution in [3.05, 3.63) is 77.6 Å². The molecule has 0 saturated heterocycles. The Balaban J connectivity index is 2.20. The van der Waals surface area contributed by atoms with E-state index in [1.54, 1.807) is 6.08 Å². The Morgan fingerprint density at radius 1 is 1.14 bits per heavy atom. The third-order valence-corrected chi connectivity index (χ3v) is 4.11. The highest BCUT2D eigenvalue weighted by atomic mass is 16.1. The zero-order valence-electron chi connectivity index (χ0n) is 13.7. The van der Waals surface area contributed by atoms with Crippen molar-refractivity contribution in [1.82, 2.24) is 0 Å². The lowest BCUT2D eigenvalue weighted by molar-refractivity contribution is -0.104. The average molecular weight is 293 g/mol. The van der Waals surface area contributed by atoms with Crippen molar-refractivity contribution in [3.63, 3.8) is 0 Å². The second-order valence-corrected chi connectivity index (χ2v) is 6.04. The number of nitrogens with zero attached hydrogens (tertiary/aromatic N) is 1. The van der Waals surface area contributed by atoms with Gasteiger partial charge in [0.1, 0.15) is 6.29 Å². The number of allylic oxidation sites excluding steroid dienone is 8. The number of likely N-dealkylation sites (N-methyl/N-ethyl adjacent to an activating group) is 1. The van der Waals surface area contributed by atoms with Gasteiger partial charge in [-0.2, -0.15) is 0 Å². The highest BCUT2D eigenvalue weighted by molar-refractivity contribution is 5.70. The number of carbonyl (C=O) groups excluding carboxylic acids is 1. The Morgan fingerprint density at radius 2 is 1.86 bits per heavy atom. The number of fused-ring (bicyclic) bond motifs is 1. The van der Waals surface area contributed by atoms with Crippen LogP contribution in [-0.2, 0) is 10.2 Å². The Kier molecular flexibility index (Phi) is 4.81. The highest BCUT2D eigenvalue weighted by Gasteiger charge is 2.37. The maximum Gasteiger partial charge on any atom is 0.143 e. The van der Waals surface area contributed by atoms with Crippen LogP contribution in [0.15, 0.2) is 72.0 Å². The molecule has 114 valence electrons. The first-order valence-corrected chi connectivity index (χ1v) is 7.49. The van der Waals surface area contributed by atoms with E-state index in [-0.39, 0.29) is 5.41 Å². The molecule has 0 N–H and O–H groups in total. The van der Waals surface area contributed by atoms with Gasteiger partial charge in [0.25, 0.3) is 0 Å². The minimum atomic E-state index is 0.00668. The van der Waals surface area contributed by atoms with Crippen LogP contribution in [0.1, 0.15) is 26.3 Å². The van der Waals surface area contributed by atoms with Crippen LogP contribution in [0.5, 0.6) is 0 Å². The van der Waals surface area contributed by atoms with Gasteiger partial charge in [-0.15, -0.1) is 0 Å². The zero-order chi connectivity index (χ0) is 16.2. The second-order valence-electron chi connectivity index (χ2n) is 6.04. The molecule has 1 heterocycles. The lowest BCUT2D eigenvalue weighted by atomic mass is 9.84. The number of carbonyl (C=O) groups is 1. The third kappa shape index (κ3) is 3.11. The van der Waals surface area contributed by atoms with Crippen LogP contribution in [0, 0.1) is 0 Å². The number of hydrogen-bond donors (Lipinski definition) is 0. The summed E-state index contributed by atoms with van der Waals surface area (Å²) in [4.78, 5) is 12.6. The number of hydrogen-bond acceptors (Lipinski definition) is 2. The molecule has 2 nitrogen and oxygen atoms in total. The van der Waals surface area contributed by atoms with Crippen LogP contribution in [-0.4, -0.2) is 13.3 Å². The molecule has 1 aliphatic rings. The van der Waals surface area contributed by atoms with Crippen LogP contribution < -0.4 is 4.90 Å². The summed E-state index contributed by atoms with van der Waals surface area (Å²) in [5.74, 6) is 0. The largest absolute Gasteiger partial charge is 0.347 e. The minimum absolute atomic E-state index is 0.00668. The molecule has 0 bridgehead atoms. The minimum Gasteiger partial charge on any atom is -0.347 e. The molecule has 0 unspecified atom stereocenters. The quantitative estimate of drug-likeness (QED) is 0.461. The normalized spacial score (nSPS) is 19.4. The molecule has 1 aliphatic heterocycles. The molecule has 1 aromatic carbocycles. The van der Waals surface area contributed by atoms with Gasteiger partial charge in [-0.05, 0) is 36.3 Å². The Labute approximate surface area is 133 Å². The number of aldehydes is 1. The smallest absolute Gasteiger partial charge is 0.143 e. The number of para-hydroxylation sites is 1.